The molecule has 21 heavy (non-hydrogen) atoms. The highest BCUT2D eigenvalue weighted by molar-refractivity contribution is 5.37. The van der Waals surface area contributed by atoms with Crippen LogP contribution in [0.15, 0.2) is 24.3 Å². The van der Waals surface area contributed by atoms with Crippen LogP contribution < -0.4 is 10.1 Å². The first-order valence-corrected chi connectivity index (χ1v) is 8.55. The zero-order valence-corrected chi connectivity index (χ0v) is 12.9. The summed E-state index contributed by atoms with van der Waals surface area (Å²) in [6.45, 7) is 5.74. The third kappa shape index (κ3) is 2.82. The lowest BCUT2D eigenvalue weighted by molar-refractivity contribution is 0.0695. The third-order valence-corrected chi connectivity index (χ3v) is 5.35. The molecule has 2 fully saturated rings. The second kappa shape index (κ2) is 5.62. The lowest BCUT2D eigenvalue weighted by Gasteiger charge is -2.41. The standard InChI is InChI=1S/C18H26N2O/c1-2-15-11-20(17(10-19-15)13-7-8-13)12-16-9-14-5-3-4-6-18(14)21-16/h3-6,13,15-17,19H,2,7-12H2,1H3. The Kier molecular flexibility index (Phi) is 3.64. The van der Waals surface area contributed by atoms with Crippen LogP contribution in [0.25, 0.3) is 0 Å². The van der Waals surface area contributed by atoms with Crippen molar-refractivity contribution in [2.24, 2.45) is 5.92 Å². The number of nitrogens with one attached hydrogen (secondary N) is 1. The van der Waals surface area contributed by atoms with E-state index < -0.39 is 0 Å². The van der Waals surface area contributed by atoms with E-state index in [1.165, 1.54) is 37.9 Å². The first-order chi connectivity index (χ1) is 10.3. The highest BCUT2D eigenvalue weighted by atomic mass is 16.5. The van der Waals surface area contributed by atoms with Crippen molar-refractivity contribution in [1.82, 2.24) is 10.2 Å². The molecule has 1 aromatic carbocycles. The fourth-order valence-corrected chi connectivity index (χ4v) is 3.95. The van der Waals surface area contributed by atoms with Crippen molar-refractivity contribution >= 4 is 0 Å². The van der Waals surface area contributed by atoms with Gasteiger partial charge in [0.1, 0.15) is 11.9 Å². The van der Waals surface area contributed by atoms with Crippen molar-refractivity contribution < 1.29 is 4.74 Å². The molecule has 1 saturated carbocycles. The molecule has 4 rings (SSSR count). The monoisotopic (exact) mass is 286 g/mol. The Morgan fingerprint density at radius 2 is 2.14 bits per heavy atom. The number of piperazine rings is 1. The average molecular weight is 286 g/mol. The van der Waals surface area contributed by atoms with Gasteiger partial charge in [-0.2, -0.15) is 0 Å². The highest BCUT2D eigenvalue weighted by Gasteiger charge is 2.39. The molecule has 114 valence electrons. The largest absolute Gasteiger partial charge is 0.488 e. The fourth-order valence-electron chi connectivity index (χ4n) is 3.95. The van der Waals surface area contributed by atoms with Crippen LogP contribution in [0.1, 0.15) is 31.7 Å². The van der Waals surface area contributed by atoms with Crippen molar-refractivity contribution in [3.63, 3.8) is 0 Å². The summed E-state index contributed by atoms with van der Waals surface area (Å²) < 4.78 is 6.16. The quantitative estimate of drug-likeness (QED) is 0.920. The van der Waals surface area contributed by atoms with E-state index in [0.717, 1.165) is 30.7 Å². The van der Waals surface area contributed by atoms with E-state index in [-0.39, 0.29) is 0 Å². The molecule has 0 aromatic heterocycles. The van der Waals surface area contributed by atoms with Gasteiger partial charge in [-0.15, -0.1) is 0 Å². The fraction of sp³-hybridized carbons (Fsp3) is 0.667. The number of rotatable bonds is 4. The highest BCUT2D eigenvalue weighted by Crippen LogP contribution is 2.37. The van der Waals surface area contributed by atoms with Crippen molar-refractivity contribution in [2.75, 3.05) is 19.6 Å². The van der Waals surface area contributed by atoms with E-state index in [4.69, 9.17) is 4.74 Å². The molecular weight excluding hydrogens is 260 g/mol. The molecule has 0 spiro atoms. The van der Waals surface area contributed by atoms with Gasteiger partial charge in [-0.1, -0.05) is 25.1 Å². The average Bonchev–Trinajstić information content (AvgIpc) is 3.26. The molecule has 1 N–H and O–H groups in total. The Morgan fingerprint density at radius 3 is 2.90 bits per heavy atom. The van der Waals surface area contributed by atoms with E-state index in [2.05, 4.69) is 41.4 Å². The van der Waals surface area contributed by atoms with Crippen LogP contribution in [0.4, 0.5) is 0 Å². The zero-order valence-electron chi connectivity index (χ0n) is 12.9. The van der Waals surface area contributed by atoms with Crippen molar-refractivity contribution in [2.45, 2.75) is 50.8 Å². The molecule has 0 amide bonds. The molecule has 3 atom stereocenters. The van der Waals surface area contributed by atoms with Gasteiger partial charge in [-0.3, -0.25) is 4.90 Å². The van der Waals surface area contributed by atoms with Gasteiger partial charge in [0.2, 0.25) is 0 Å². The summed E-state index contributed by atoms with van der Waals surface area (Å²) in [5.41, 5.74) is 1.38. The van der Waals surface area contributed by atoms with Crippen LogP contribution in [0.2, 0.25) is 0 Å². The maximum absolute atomic E-state index is 6.16. The van der Waals surface area contributed by atoms with E-state index >= 15 is 0 Å². The van der Waals surface area contributed by atoms with Crippen LogP contribution >= 0.6 is 0 Å². The molecule has 0 radical (unpaired) electrons. The van der Waals surface area contributed by atoms with Crippen molar-refractivity contribution in [3.05, 3.63) is 29.8 Å². The molecule has 3 nitrogen and oxygen atoms in total. The van der Waals surface area contributed by atoms with Crippen molar-refractivity contribution in [3.8, 4) is 5.75 Å². The second-order valence-electron chi connectivity index (χ2n) is 6.92. The summed E-state index contributed by atoms with van der Waals surface area (Å²) in [7, 11) is 0. The van der Waals surface area contributed by atoms with E-state index in [1.807, 2.05) is 0 Å². The maximum Gasteiger partial charge on any atom is 0.123 e. The Balaban J connectivity index is 1.42. The van der Waals surface area contributed by atoms with Crippen LogP contribution in [0.5, 0.6) is 5.75 Å². The summed E-state index contributed by atoms with van der Waals surface area (Å²) in [4.78, 5) is 2.72. The topological polar surface area (TPSA) is 24.5 Å². The van der Waals surface area contributed by atoms with Crippen LogP contribution in [-0.4, -0.2) is 42.7 Å². The third-order valence-electron chi connectivity index (χ3n) is 5.35. The zero-order chi connectivity index (χ0) is 14.2. The molecule has 3 aliphatic rings. The SMILES string of the molecule is CCC1CN(CC2Cc3ccccc3O2)C(C2CC2)CN1. The first kappa shape index (κ1) is 13.6. The van der Waals surface area contributed by atoms with Gasteiger partial charge < -0.3 is 10.1 Å². The van der Waals surface area contributed by atoms with Crippen LogP contribution in [-0.2, 0) is 6.42 Å². The van der Waals surface area contributed by atoms with Gasteiger partial charge in [-0.05, 0) is 36.8 Å². The molecule has 1 aromatic rings. The molecule has 3 unspecified atom stereocenters. The van der Waals surface area contributed by atoms with E-state index in [0.29, 0.717) is 12.1 Å². The number of hydrogen-bond acceptors (Lipinski definition) is 3. The molecule has 1 aliphatic carbocycles. The summed E-state index contributed by atoms with van der Waals surface area (Å²) in [6, 6.07) is 9.91. The number of nitrogens with zero attached hydrogens (tertiary/aromatic N) is 1. The second-order valence-corrected chi connectivity index (χ2v) is 6.92. The van der Waals surface area contributed by atoms with Gasteiger partial charge in [0.05, 0.1) is 0 Å². The molecule has 3 heteroatoms. The minimum Gasteiger partial charge on any atom is -0.488 e. The van der Waals surface area contributed by atoms with Crippen molar-refractivity contribution in [1.29, 1.82) is 0 Å². The predicted molar refractivity (Wildman–Crippen MR) is 84.7 cm³/mol. The van der Waals surface area contributed by atoms with Crippen LogP contribution in [0, 0.1) is 5.92 Å². The Morgan fingerprint density at radius 1 is 1.29 bits per heavy atom. The Hall–Kier alpha value is -1.06. The first-order valence-electron chi connectivity index (χ1n) is 8.55. The van der Waals surface area contributed by atoms with Gasteiger partial charge in [0, 0.05) is 38.1 Å². The van der Waals surface area contributed by atoms with Crippen LogP contribution in [0.3, 0.4) is 0 Å². The predicted octanol–water partition coefficient (Wildman–Crippen LogP) is 2.45. The number of para-hydroxylation sites is 1. The summed E-state index contributed by atoms with van der Waals surface area (Å²) in [6.07, 6.45) is 5.49. The maximum atomic E-state index is 6.16. The number of hydrogen-bond donors (Lipinski definition) is 1. The smallest absolute Gasteiger partial charge is 0.123 e. The Labute approximate surface area is 127 Å². The molecular formula is C18H26N2O. The number of benzene rings is 1. The Bertz CT molecular complexity index is 475. The normalized spacial score (nSPS) is 32.7. The lowest BCUT2D eigenvalue weighted by atomic mass is 10.0. The summed E-state index contributed by atoms with van der Waals surface area (Å²) in [5, 5.41) is 3.73. The summed E-state index contributed by atoms with van der Waals surface area (Å²) in [5.74, 6) is 2.03. The van der Waals surface area contributed by atoms with Gasteiger partial charge in [0.25, 0.3) is 0 Å². The summed E-state index contributed by atoms with van der Waals surface area (Å²) >= 11 is 0. The molecule has 0 bridgehead atoms. The number of ether oxygens (including phenoxy) is 1. The lowest BCUT2D eigenvalue weighted by Crippen LogP contribution is -2.58. The van der Waals surface area contributed by atoms with Gasteiger partial charge in [-0.25, -0.2) is 0 Å². The molecule has 2 aliphatic heterocycles. The minimum absolute atomic E-state index is 0.347. The van der Waals surface area contributed by atoms with Gasteiger partial charge in [0.15, 0.2) is 0 Å². The van der Waals surface area contributed by atoms with E-state index in [9.17, 15) is 0 Å². The number of fused-ring (bicyclic) bond motifs is 1. The van der Waals surface area contributed by atoms with E-state index in [1.54, 1.807) is 0 Å². The molecule has 2 heterocycles. The molecule has 1 saturated heterocycles. The minimum atomic E-state index is 0.347. The van der Waals surface area contributed by atoms with Gasteiger partial charge >= 0.3 is 0 Å².